The van der Waals surface area contributed by atoms with E-state index in [1.165, 1.54) is 30.3 Å². The summed E-state index contributed by atoms with van der Waals surface area (Å²) >= 11 is 6.19. The number of nitro benzene ring substituents is 1. The summed E-state index contributed by atoms with van der Waals surface area (Å²) in [4.78, 5) is 35.5. The molecule has 1 fully saturated rings. The number of nitrogens with one attached hydrogen (secondary N) is 1. The van der Waals surface area contributed by atoms with Crippen molar-refractivity contribution >= 4 is 51.9 Å². The fourth-order valence-corrected chi connectivity index (χ4v) is 3.69. The molecule has 3 rings (SSSR count). The van der Waals surface area contributed by atoms with E-state index in [0.717, 1.165) is 16.8 Å². The molecule has 0 bridgehead atoms. The average Bonchev–Trinajstić information content (AvgIpc) is 2.98. The Morgan fingerprint density at radius 1 is 1.33 bits per heavy atom. The monoisotopic (exact) mass is 445 g/mol. The predicted octanol–water partition coefficient (Wildman–Crippen LogP) is 3.25. The number of non-ortho nitro benzene ring substituents is 1. The summed E-state index contributed by atoms with van der Waals surface area (Å²) in [6, 6.07) is 9.60. The van der Waals surface area contributed by atoms with Gasteiger partial charge in [-0.05, 0) is 55.0 Å². The minimum absolute atomic E-state index is 0.0167. The summed E-state index contributed by atoms with van der Waals surface area (Å²) in [7, 11) is 0. The number of thiocarbonyl (C=S) groups is 1. The second-order valence-electron chi connectivity index (χ2n) is 5.92. The maximum absolute atomic E-state index is 12.7. The van der Waals surface area contributed by atoms with Crippen LogP contribution < -0.4 is 10.2 Å². The van der Waals surface area contributed by atoms with Gasteiger partial charge in [0.1, 0.15) is 0 Å². The summed E-state index contributed by atoms with van der Waals surface area (Å²) in [6.07, 6.45) is 1.57. The highest BCUT2D eigenvalue weighted by Crippen LogP contribution is 2.33. The molecule has 0 radical (unpaired) electrons. The number of carbonyl (C=O) groups is 2. The van der Waals surface area contributed by atoms with Gasteiger partial charge in [0.05, 0.1) is 16.4 Å². The first-order valence-electron chi connectivity index (χ1n) is 8.59. The van der Waals surface area contributed by atoms with E-state index in [9.17, 15) is 24.8 Å². The molecule has 0 aliphatic carbocycles. The van der Waals surface area contributed by atoms with Gasteiger partial charge in [-0.3, -0.25) is 25.1 Å². The zero-order valence-electron chi connectivity index (χ0n) is 15.5. The van der Waals surface area contributed by atoms with Crippen molar-refractivity contribution in [2.45, 2.75) is 6.92 Å². The Morgan fingerprint density at radius 2 is 2.03 bits per heavy atom. The Kier molecular flexibility index (Phi) is 6.33. The van der Waals surface area contributed by atoms with E-state index in [1.54, 1.807) is 25.1 Å². The molecule has 0 unspecified atom stereocenters. The summed E-state index contributed by atoms with van der Waals surface area (Å²) in [5, 5.41) is 21.4. The Balaban J connectivity index is 1.76. The van der Waals surface area contributed by atoms with Crippen molar-refractivity contribution in [3.63, 3.8) is 0 Å². The molecule has 11 heteroatoms. The Labute approximate surface area is 180 Å². The van der Waals surface area contributed by atoms with Crippen LogP contribution in [0.1, 0.15) is 22.8 Å². The number of hydrazine groups is 1. The Morgan fingerprint density at radius 3 is 2.67 bits per heavy atom. The van der Waals surface area contributed by atoms with Crippen LogP contribution in [0.5, 0.6) is 11.5 Å². The number of ether oxygens (including phenoxy) is 1. The number of thioether (sulfide) groups is 1. The standard InChI is InChI=1S/C19H15N3O6S2/c1-2-28-15-9-11(3-8-14(15)23)10-16-18(25)21(19(29)30-16)20-17(24)12-4-6-13(7-5-12)22(26)27/h3-10,23H,2H2,1H3,(H,20,24). The smallest absolute Gasteiger partial charge is 0.285 e. The van der Waals surface area contributed by atoms with Crippen LogP contribution in [0.15, 0.2) is 47.4 Å². The number of amides is 2. The van der Waals surface area contributed by atoms with Crippen molar-refractivity contribution in [2.24, 2.45) is 0 Å². The fraction of sp³-hybridized carbons (Fsp3) is 0.105. The van der Waals surface area contributed by atoms with Crippen LogP contribution in [0.25, 0.3) is 6.08 Å². The molecule has 2 amide bonds. The van der Waals surface area contributed by atoms with Gasteiger partial charge in [-0.1, -0.05) is 17.8 Å². The van der Waals surface area contributed by atoms with Crippen molar-refractivity contribution in [2.75, 3.05) is 6.61 Å². The second-order valence-corrected chi connectivity index (χ2v) is 7.60. The summed E-state index contributed by atoms with van der Waals surface area (Å²) in [6.45, 7) is 2.15. The maximum atomic E-state index is 12.7. The topological polar surface area (TPSA) is 122 Å². The minimum Gasteiger partial charge on any atom is -0.504 e. The predicted molar refractivity (Wildman–Crippen MR) is 115 cm³/mol. The molecule has 0 saturated carbocycles. The van der Waals surface area contributed by atoms with E-state index < -0.39 is 16.7 Å². The molecule has 154 valence electrons. The molecule has 0 aromatic heterocycles. The van der Waals surface area contributed by atoms with E-state index >= 15 is 0 Å². The van der Waals surface area contributed by atoms with Crippen LogP contribution in [0.3, 0.4) is 0 Å². The zero-order valence-corrected chi connectivity index (χ0v) is 17.2. The van der Waals surface area contributed by atoms with Crippen molar-refractivity contribution in [1.29, 1.82) is 0 Å². The van der Waals surface area contributed by atoms with Crippen molar-refractivity contribution < 1.29 is 24.4 Å². The number of carbonyl (C=O) groups excluding carboxylic acids is 2. The molecular weight excluding hydrogens is 430 g/mol. The van der Waals surface area contributed by atoms with Gasteiger partial charge in [0.2, 0.25) is 0 Å². The largest absolute Gasteiger partial charge is 0.504 e. The number of benzene rings is 2. The molecule has 1 aliphatic heterocycles. The molecule has 30 heavy (non-hydrogen) atoms. The lowest BCUT2D eigenvalue weighted by Gasteiger charge is -2.15. The highest BCUT2D eigenvalue weighted by Gasteiger charge is 2.33. The number of hydrogen-bond acceptors (Lipinski definition) is 8. The SMILES string of the molecule is CCOc1cc(C=C2SC(=S)N(NC(=O)c3ccc([N+](=O)[O-])cc3)C2=O)ccc1O. The molecule has 2 N–H and O–H groups in total. The van der Waals surface area contributed by atoms with Gasteiger partial charge in [-0.25, -0.2) is 0 Å². The van der Waals surface area contributed by atoms with Crippen molar-refractivity contribution in [1.82, 2.24) is 10.4 Å². The van der Waals surface area contributed by atoms with Crippen LogP contribution in [-0.4, -0.2) is 37.8 Å². The first-order valence-corrected chi connectivity index (χ1v) is 9.82. The van der Waals surface area contributed by atoms with Crippen molar-refractivity contribution in [3.05, 3.63) is 68.6 Å². The molecule has 9 nitrogen and oxygen atoms in total. The van der Waals surface area contributed by atoms with Gasteiger partial charge in [0, 0.05) is 17.7 Å². The van der Waals surface area contributed by atoms with E-state index in [0.29, 0.717) is 12.2 Å². The number of nitrogens with zero attached hydrogens (tertiary/aromatic N) is 2. The molecule has 1 aliphatic rings. The number of phenolic OH excluding ortho intramolecular Hbond substituents is 1. The van der Waals surface area contributed by atoms with Gasteiger partial charge < -0.3 is 9.84 Å². The summed E-state index contributed by atoms with van der Waals surface area (Å²) in [5.41, 5.74) is 3.00. The number of rotatable bonds is 6. The number of hydrogen-bond donors (Lipinski definition) is 2. The maximum Gasteiger partial charge on any atom is 0.285 e. The van der Waals surface area contributed by atoms with E-state index in [4.69, 9.17) is 17.0 Å². The average molecular weight is 445 g/mol. The molecule has 0 spiro atoms. The van der Waals surface area contributed by atoms with E-state index in [2.05, 4.69) is 5.43 Å². The van der Waals surface area contributed by atoms with Crippen LogP contribution in [0.2, 0.25) is 0 Å². The van der Waals surface area contributed by atoms with Gasteiger partial charge >= 0.3 is 0 Å². The molecular formula is C19H15N3O6S2. The van der Waals surface area contributed by atoms with Gasteiger partial charge in [-0.2, -0.15) is 5.01 Å². The quantitative estimate of drug-likeness (QED) is 0.301. The zero-order chi connectivity index (χ0) is 21.8. The lowest BCUT2D eigenvalue weighted by molar-refractivity contribution is -0.384. The van der Waals surface area contributed by atoms with Crippen LogP contribution in [0, 0.1) is 10.1 Å². The molecule has 2 aromatic carbocycles. The van der Waals surface area contributed by atoms with Crippen LogP contribution in [-0.2, 0) is 4.79 Å². The molecule has 1 heterocycles. The van der Waals surface area contributed by atoms with Gasteiger partial charge in [0.25, 0.3) is 17.5 Å². The second kappa shape index (κ2) is 8.93. The number of nitro groups is 1. The van der Waals surface area contributed by atoms with Gasteiger partial charge in [-0.15, -0.1) is 0 Å². The Bertz CT molecular complexity index is 1070. The number of aromatic hydroxyl groups is 1. The number of phenols is 1. The fourth-order valence-electron chi connectivity index (χ4n) is 2.51. The van der Waals surface area contributed by atoms with Crippen LogP contribution >= 0.6 is 24.0 Å². The summed E-state index contributed by atoms with van der Waals surface area (Å²) in [5.74, 6) is -0.887. The molecule has 2 aromatic rings. The van der Waals surface area contributed by atoms with Crippen LogP contribution in [0.4, 0.5) is 5.69 Å². The third-order valence-electron chi connectivity index (χ3n) is 3.93. The third kappa shape index (κ3) is 4.58. The highest BCUT2D eigenvalue weighted by atomic mass is 32.2. The van der Waals surface area contributed by atoms with E-state index in [1.807, 2.05) is 0 Å². The summed E-state index contributed by atoms with van der Waals surface area (Å²) < 4.78 is 5.46. The molecule has 0 atom stereocenters. The Hall–Kier alpha value is -3.44. The van der Waals surface area contributed by atoms with Gasteiger partial charge in [0.15, 0.2) is 15.8 Å². The third-order valence-corrected chi connectivity index (χ3v) is 5.23. The van der Waals surface area contributed by atoms with E-state index in [-0.39, 0.29) is 32.0 Å². The normalized spacial score (nSPS) is 14.8. The first kappa shape index (κ1) is 21.3. The highest BCUT2D eigenvalue weighted by molar-refractivity contribution is 8.26. The lowest BCUT2D eigenvalue weighted by Crippen LogP contribution is -2.44. The first-order chi connectivity index (χ1) is 14.3. The lowest BCUT2D eigenvalue weighted by atomic mass is 10.2. The minimum atomic E-state index is -0.634. The van der Waals surface area contributed by atoms with Crippen molar-refractivity contribution in [3.8, 4) is 11.5 Å². The molecule has 1 saturated heterocycles.